The smallest absolute Gasteiger partial charge is 0.268 e. The highest BCUT2D eigenvalue weighted by molar-refractivity contribution is 7.93. The van der Waals surface area contributed by atoms with Crippen molar-refractivity contribution in [3.63, 3.8) is 0 Å². The molecule has 0 atom stereocenters. The van der Waals surface area contributed by atoms with Crippen molar-refractivity contribution in [1.82, 2.24) is 10.1 Å². The summed E-state index contributed by atoms with van der Waals surface area (Å²) in [5, 5.41) is 4.51. The van der Waals surface area contributed by atoms with Gasteiger partial charge >= 0.3 is 0 Å². The van der Waals surface area contributed by atoms with Crippen molar-refractivity contribution < 1.29 is 12.9 Å². The lowest BCUT2D eigenvalue weighted by Gasteiger charge is -2.07. The van der Waals surface area contributed by atoms with Gasteiger partial charge in [0.1, 0.15) is 4.90 Å². The molecule has 2 aromatic heterocycles. The van der Waals surface area contributed by atoms with Crippen molar-refractivity contribution in [2.24, 2.45) is 0 Å². The maximum absolute atomic E-state index is 12.8. The Bertz CT molecular complexity index is 1220. The molecule has 0 unspecified atom stereocenters. The van der Waals surface area contributed by atoms with Gasteiger partial charge in [0.05, 0.1) is 4.88 Å². The third-order valence-electron chi connectivity index (χ3n) is 3.93. The number of anilines is 1. The fraction of sp³-hybridized carbons (Fsp3) is 0.0526. The molecule has 9 heteroatoms. The van der Waals surface area contributed by atoms with Crippen LogP contribution in [0.5, 0.6) is 0 Å². The number of benzene rings is 2. The van der Waals surface area contributed by atoms with Crippen LogP contribution < -0.4 is 4.72 Å². The summed E-state index contributed by atoms with van der Waals surface area (Å²) in [5.74, 6) is 0.727. The average molecular weight is 432 g/mol. The summed E-state index contributed by atoms with van der Waals surface area (Å²) in [7, 11) is -3.76. The lowest BCUT2D eigenvalue weighted by molar-refractivity contribution is 0.433. The van der Waals surface area contributed by atoms with Gasteiger partial charge in [-0.2, -0.15) is 4.98 Å². The molecule has 4 aromatic rings. The number of halogens is 1. The summed E-state index contributed by atoms with van der Waals surface area (Å²) >= 11 is 7.12. The first-order chi connectivity index (χ1) is 13.4. The second kappa shape index (κ2) is 7.38. The standard InChI is InChI=1S/C19H14ClN3O3S2/c1-12-17(28(24,25)23-15-9-7-14(20)8-10-15)11-16(27-12)19-21-18(22-26-19)13-5-3-2-4-6-13/h2-11,23H,1H3. The average Bonchev–Trinajstić information content (AvgIpc) is 3.31. The molecule has 4 rings (SSSR count). The predicted molar refractivity (Wildman–Crippen MR) is 110 cm³/mol. The van der Waals surface area contributed by atoms with Gasteiger partial charge in [0.25, 0.3) is 15.9 Å². The number of aromatic nitrogens is 2. The second-order valence-corrected chi connectivity index (χ2v) is 9.28. The highest BCUT2D eigenvalue weighted by Crippen LogP contribution is 2.34. The number of thiophene rings is 1. The molecular weight excluding hydrogens is 418 g/mol. The van der Waals surface area contributed by atoms with Crippen LogP contribution >= 0.6 is 22.9 Å². The molecule has 2 aromatic carbocycles. The lowest BCUT2D eigenvalue weighted by atomic mass is 10.2. The summed E-state index contributed by atoms with van der Waals surface area (Å²) in [6.45, 7) is 1.74. The van der Waals surface area contributed by atoms with Crippen molar-refractivity contribution in [3.05, 3.63) is 70.6 Å². The van der Waals surface area contributed by atoms with Crippen molar-refractivity contribution in [2.45, 2.75) is 11.8 Å². The van der Waals surface area contributed by atoms with E-state index in [0.29, 0.717) is 26.3 Å². The minimum absolute atomic E-state index is 0.168. The zero-order valence-corrected chi connectivity index (χ0v) is 17.0. The zero-order chi connectivity index (χ0) is 19.7. The highest BCUT2D eigenvalue weighted by atomic mass is 35.5. The van der Waals surface area contributed by atoms with E-state index in [1.807, 2.05) is 30.3 Å². The SMILES string of the molecule is Cc1sc(-c2nc(-c3ccccc3)no2)cc1S(=O)(=O)Nc1ccc(Cl)cc1. The Morgan fingerprint density at radius 1 is 1.07 bits per heavy atom. The third kappa shape index (κ3) is 3.80. The minimum atomic E-state index is -3.76. The van der Waals surface area contributed by atoms with E-state index in [9.17, 15) is 8.42 Å². The number of sulfonamides is 1. The Kier molecular flexibility index (Phi) is 4.92. The van der Waals surface area contributed by atoms with E-state index in [0.717, 1.165) is 5.56 Å². The van der Waals surface area contributed by atoms with Gasteiger partial charge in [0.2, 0.25) is 5.82 Å². The maximum atomic E-state index is 12.8. The Morgan fingerprint density at radius 2 is 1.79 bits per heavy atom. The molecule has 6 nitrogen and oxygen atoms in total. The molecule has 0 saturated carbocycles. The van der Waals surface area contributed by atoms with Gasteiger partial charge in [-0.3, -0.25) is 4.72 Å². The van der Waals surface area contributed by atoms with Crippen LogP contribution in [0, 0.1) is 6.92 Å². The van der Waals surface area contributed by atoms with E-state index in [1.54, 1.807) is 37.3 Å². The largest absolute Gasteiger partial charge is 0.333 e. The summed E-state index contributed by atoms with van der Waals surface area (Å²) in [6.07, 6.45) is 0. The van der Waals surface area contributed by atoms with Crippen LogP contribution in [0.25, 0.3) is 22.2 Å². The number of nitrogens with zero attached hydrogens (tertiary/aromatic N) is 2. The minimum Gasteiger partial charge on any atom is -0.333 e. The molecular formula is C19H14ClN3O3S2. The molecule has 0 amide bonds. The topological polar surface area (TPSA) is 85.1 Å². The van der Waals surface area contributed by atoms with Crippen LogP contribution in [0.15, 0.2) is 70.1 Å². The highest BCUT2D eigenvalue weighted by Gasteiger charge is 2.23. The summed E-state index contributed by atoms with van der Waals surface area (Å²) in [6, 6.07) is 17.4. The monoisotopic (exact) mass is 431 g/mol. The normalized spacial score (nSPS) is 11.5. The Balaban J connectivity index is 1.63. The fourth-order valence-electron chi connectivity index (χ4n) is 2.59. The maximum Gasteiger partial charge on any atom is 0.268 e. The van der Waals surface area contributed by atoms with Crippen LogP contribution in [0.2, 0.25) is 5.02 Å². The molecule has 0 saturated heterocycles. The molecule has 0 bridgehead atoms. The number of rotatable bonds is 5. The molecule has 0 aliphatic heterocycles. The predicted octanol–water partition coefficient (Wildman–Crippen LogP) is 5.23. The summed E-state index contributed by atoms with van der Waals surface area (Å²) < 4.78 is 33.4. The van der Waals surface area contributed by atoms with Gasteiger partial charge < -0.3 is 4.52 Å². The molecule has 0 spiro atoms. The lowest BCUT2D eigenvalue weighted by Crippen LogP contribution is -2.12. The van der Waals surface area contributed by atoms with Crippen LogP contribution in [0.4, 0.5) is 5.69 Å². The molecule has 0 fully saturated rings. The first-order valence-electron chi connectivity index (χ1n) is 8.21. The van der Waals surface area contributed by atoms with E-state index < -0.39 is 10.0 Å². The van der Waals surface area contributed by atoms with Gasteiger partial charge in [0.15, 0.2) is 0 Å². The Hall–Kier alpha value is -2.68. The van der Waals surface area contributed by atoms with E-state index >= 15 is 0 Å². The number of hydrogen-bond acceptors (Lipinski definition) is 6. The number of aryl methyl sites for hydroxylation is 1. The van der Waals surface area contributed by atoms with Crippen LogP contribution in [0.1, 0.15) is 4.88 Å². The molecule has 0 radical (unpaired) electrons. The van der Waals surface area contributed by atoms with Crippen molar-refractivity contribution in [3.8, 4) is 22.2 Å². The molecule has 28 heavy (non-hydrogen) atoms. The molecule has 2 heterocycles. The first kappa shape index (κ1) is 18.7. The van der Waals surface area contributed by atoms with Gasteiger partial charge in [-0.15, -0.1) is 11.3 Å². The molecule has 0 aliphatic rings. The zero-order valence-electron chi connectivity index (χ0n) is 14.6. The molecule has 0 aliphatic carbocycles. The first-order valence-corrected chi connectivity index (χ1v) is 10.9. The number of hydrogen-bond donors (Lipinski definition) is 1. The van der Waals surface area contributed by atoms with E-state index in [-0.39, 0.29) is 10.8 Å². The summed E-state index contributed by atoms with van der Waals surface area (Å²) in [5.41, 5.74) is 1.25. The number of nitrogens with one attached hydrogen (secondary N) is 1. The van der Waals surface area contributed by atoms with Gasteiger partial charge in [-0.1, -0.05) is 47.1 Å². The second-order valence-electron chi connectivity index (χ2n) is 5.93. The van der Waals surface area contributed by atoms with Gasteiger partial charge in [-0.25, -0.2) is 8.42 Å². The van der Waals surface area contributed by atoms with Crippen LogP contribution in [-0.4, -0.2) is 18.6 Å². The van der Waals surface area contributed by atoms with Crippen molar-refractivity contribution >= 4 is 38.6 Å². The van der Waals surface area contributed by atoms with Gasteiger partial charge in [0, 0.05) is 21.2 Å². The summed E-state index contributed by atoms with van der Waals surface area (Å²) in [4.78, 5) is 5.76. The van der Waals surface area contributed by atoms with Crippen LogP contribution in [0.3, 0.4) is 0 Å². The van der Waals surface area contributed by atoms with E-state index in [2.05, 4.69) is 14.9 Å². The molecule has 142 valence electrons. The van der Waals surface area contributed by atoms with Crippen molar-refractivity contribution in [1.29, 1.82) is 0 Å². The molecule has 1 N–H and O–H groups in total. The van der Waals surface area contributed by atoms with E-state index in [4.69, 9.17) is 16.1 Å². The Labute approximate surface area is 170 Å². The quantitative estimate of drug-likeness (QED) is 0.467. The van der Waals surface area contributed by atoms with Crippen molar-refractivity contribution in [2.75, 3.05) is 4.72 Å². The van der Waals surface area contributed by atoms with Gasteiger partial charge in [-0.05, 0) is 37.3 Å². The van der Waals surface area contributed by atoms with Crippen LogP contribution in [-0.2, 0) is 10.0 Å². The van der Waals surface area contributed by atoms with E-state index in [1.165, 1.54) is 11.3 Å². The fourth-order valence-corrected chi connectivity index (χ4v) is 5.29. The Morgan fingerprint density at radius 3 is 2.50 bits per heavy atom. The third-order valence-corrected chi connectivity index (χ3v) is 6.85.